The lowest BCUT2D eigenvalue weighted by atomic mass is 10.2. The standard InChI is InChI=1S/C10H10N2O3S/c11-5-8-3-1-2-4-10(8)16(14,15)12-6-9(13)7-12/h1-4,9,13H,6-7H2. The third-order valence-corrected chi connectivity index (χ3v) is 4.34. The van der Waals surface area contributed by atoms with Gasteiger partial charge < -0.3 is 5.11 Å². The van der Waals surface area contributed by atoms with E-state index in [1.807, 2.05) is 6.07 Å². The summed E-state index contributed by atoms with van der Waals surface area (Å²) in [7, 11) is -3.63. The van der Waals surface area contributed by atoms with Crippen LogP contribution in [0.5, 0.6) is 0 Å². The average molecular weight is 238 g/mol. The van der Waals surface area contributed by atoms with Crippen LogP contribution in [-0.4, -0.2) is 37.0 Å². The van der Waals surface area contributed by atoms with Crippen LogP contribution in [0.2, 0.25) is 0 Å². The summed E-state index contributed by atoms with van der Waals surface area (Å²) in [5.74, 6) is 0. The van der Waals surface area contributed by atoms with Gasteiger partial charge in [0.1, 0.15) is 6.07 Å². The average Bonchev–Trinajstić information content (AvgIpc) is 2.24. The quantitative estimate of drug-likeness (QED) is 0.781. The number of aliphatic hydroxyl groups is 1. The lowest BCUT2D eigenvalue weighted by molar-refractivity contribution is 0.0548. The molecule has 1 aromatic carbocycles. The molecule has 0 atom stereocenters. The third-order valence-electron chi connectivity index (χ3n) is 2.45. The number of hydrogen-bond donors (Lipinski definition) is 1. The van der Waals surface area contributed by atoms with Gasteiger partial charge in [-0.2, -0.15) is 9.57 Å². The largest absolute Gasteiger partial charge is 0.390 e. The van der Waals surface area contributed by atoms with Crippen molar-refractivity contribution >= 4 is 10.0 Å². The minimum atomic E-state index is -3.63. The fourth-order valence-corrected chi connectivity index (χ4v) is 3.19. The van der Waals surface area contributed by atoms with E-state index in [4.69, 9.17) is 10.4 Å². The third kappa shape index (κ3) is 1.69. The summed E-state index contributed by atoms with van der Waals surface area (Å²) in [5.41, 5.74) is 0.129. The Morgan fingerprint density at radius 3 is 2.56 bits per heavy atom. The zero-order chi connectivity index (χ0) is 11.8. The highest BCUT2D eigenvalue weighted by molar-refractivity contribution is 7.89. The van der Waals surface area contributed by atoms with Crippen LogP contribution in [0.25, 0.3) is 0 Å². The van der Waals surface area contributed by atoms with E-state index in [9.17, 15) is 8.42 Å². The monoisotopic (exact) mass is 238 g/mol. The molecule has 0 unspecified atom stereocenters. The summed E-state index contributed by atoms with van der Waals surface area (Å²) in [4.78, 5) is 0.00407. The predicted molar refractivity (Wildman–Crippen MR) is 55.9 cm³/mol. The maximum atomic E-state index is 12.0. The highest BCUT2D eigenvalue weighted by atomic mass is 32.2. The van der Waals surface area contributed by atoms with E-state index in [-0.39, 0.29) is 23.5 Å². The first kappa shape index (κ1) is 11.1. The Morgan fingerprint density at radius 1 is 1.38 bits per heavy atom. The van der Waals surface area contributed by atoms with E-state index in [0.717, 1.165) is 4.31 Å². The normalized spacial score (nSPS) is 17.8. The molecule has 1 fully saturated rings. The topological polar surface area (TPSA) is 81.4 Å². The van der Waals surface area contributed by atoms with Crippen LogP contribution in [0.3, 0.4) is 0 Å². The molecule has 0 aromatic heterocycles. The SMILES string of the molecule is N#Cc1ccccc1S(=O)(=O)N1CC(O)C1. The van der Waals surface area contributed by atoms with Gasteiger partial charge in [0.05, 0.1) is 16.6 Å². The smallest absolute Gasteiger partial charge is 0.244 e. The lowest BCUT2D eigenvalue weighted by Crippen LogP contribution is -2.53. The molecule has 1 N–H and O–H groups in total. The molecule has 16 heavy (non-hydrogen) atoms. The van der Waals surface area contributed by atoms with Crippen molar-refractivity contribution in [1.29, 1.82) is 5.26 Å². The summed E-state index contributed by atoms with van der Waals surface area (Å²) >= 11 is 0. The van der Waals surface area contributed by atoms with Crippen LogP contribution in [0.1, 0.15) is 5.56 Å². The number of rotatable bonds is 2. The van der Waals surface area contributed by atoms with Crippen molar-refractivity contribution in [1.82, 2.24) is 4.31 Å². The van der Waals surface area contributed by atoms with E-state index in [1.165, 1.54) is 12.1 Å². The first-order valence-corrected chi connectivity index (χ1v) is 6.17. The molecule has 1 aliphatic heterocycles. The maximum absolute atomic E-state index is 12.0. The van der Waals surface area contributed by atoms with Crippen molar-refractivity contribution in [3.8, 4) is 6.07 Å². The number of nitrogens with zero attached hydrogens (tertiary/aromatic N) is 2. The Morgan fingerprint density at radius 2 is 2.00 bits per heavy atom. The van der Waals surface area contributed by atoms with Gasteiger partial charge in [-0.3, -0.25) is 0 Å². The van der Waals surface area contributed by atoms with Gasteiger partial charge >= 0.3 is 0 Å². The van der Waals surface area contributed by atoms with Crippen molar-refractivity contribution < 1.29 is 13.5 Å². The van der Waals surface area contributed by atoms with E-state index in [2.05, 4.69) is 0 Å². The molecule has 5 nitrogen and oxygen atoms in total. The van der Waals surface area contributed by atoms with Gasteiger partial charge in [-0.1, -0.05) is 12.1 Å². The summed E-state index contributed by atoms with van der Waals surface area (Å²) < 4.78 is 25.2. The fourth-order valence-electron chi connectivity index (χ4n) is 1.54. The molecule has 0 amide bonds. The molecule has 0 saturated carbocycles. The highest BCUT2D eigenvalue weighted by Crippen LogP contribution is 2.23. The lowest BCUT2D eigenvalue weighted by Gasteiger charge is -2.34. The minimum Gasteiger partial charge on any atom is -0.390 e. The molecule has 0 bridgehead atoms. The Balaban J connectivity index is 2.41. The molecule has 2 rings (SSSR count). The molecule has 1 heterocycles. The molecular formula is C10H10N2O3S. The van der Waals surface area contributed by atoms with Crippen LogP contribution < -0.4 is 0 Å². The number of nitriles is 1. The Labute approximate surface area is 93.6 Å². The molecule has 1 aromatic rings. The molecule has 84 valence electrons. The molecule has 1 saturated heterocycles. The van der Waals surface area contributed by atoms with Crippen molar-refractivity contribution in [2.45, 2.75) is 11.0 Å². The molecular weight excluding hydrogens is 228 g/mol. The fraction of sp³-hybridized carbons (Fsp3) is 0.300. The summed E-state index contributed by atoms with van der Waals surface area (Å²) in [6, 6.07) is 7.90. The predicted octanol–water partition coefficient (Wildman–Crippen LogP) is -0.0765. The van der Waals surface area contributed by atoms with Crippen molar-refractivity contribution in [2.24, 2.45) is 0 Å². The number of β-amino-alcohol motifs (C(OH)–C–C–N with tert-alkyl or cyclic N) is 1. The van der Waals surface area contributed by atoms with Gasteiger partial charge in [0.15, 0.2) is 0 Å². The Kier molecular flexibility index (Phi) is 2.68. The van der Waals surface area contributed by atoms with Crippen LogP contribution in [0.15, 0.2) is 29.2 Å². The van der Waals surface area contributed by atoms with Crippen LogP contribution in [-0.2, 0) is 10.0 Å². The number of sulfonamides is 1. The molecule has 0 aliphatic carbocycles. The molecule has 1 aliphatic rings. The molecule has 6 heteroatoms. The zero-order valence-electron chi connectivity index (χ0n) is 8.37. The zero-order valence-corrected chi connectivity index (χ0v) is 9.18. The van der Waals surface area contributed by atoms with Gasteiger partial charge in [0, 0.05) is 13.1 Å². The first-order chi connectivity index (χ1) is 7.55. The van der Waals surface area contributed by atoms with Crippen LogP contribution in [0.4, 0.5) is 0 Å². The van der Waals surface area contributed by atoms with E-state index >= 15 is 0 Å². The number of benzene rings is 1. The summed E-state index contributed by atoms with van der Waals surface area (Å²) in [5, 5.41) is 17.9. The molecule has 0 radical (unpaired) electrons. The minimum absolute atomic E-state index is 0.00407. The molecule has 0 spiro atoms. The highest BCUT2D eigenvalue weighted by Gasteiger charge is 2.36. The van der Waals surface area contributed by atoms with Crippen LogP contribution >= 0.6 is 0 Å². The first-order valence-electron chi connectivity index (χ1n) is 4.73. The number of aliphatic hydroxyl groups excluding tert-OH is 1. The van der Waals surface area contributed by atoms with Gasteiger partial charge in [0.25, 0.3) is 0 Å². The maximum Gasteiger partial charge on any atom is 0.244 e. The van der Waals surface area contributed by atoms with Gasteiger partial charge in [-0.15, -0.1) is 0 Å². The van der Waals surface area contributed by atoms with Crippen molar-refractivity contribution in [3.63, 3.8) is 0 Å². The second-order valence-electron chi connectivity index (χ2n) is 3.58. The Hall–Kier alpha value is -1.42. The summed E-state index contributed by atoms with van der Waals surface area (Å²) in [6.07, 6.45) is -0.593. The van der Waals surface area contributed by atoms with Crippen molar-refractivity contribution in [2.75, 3.05) is 13.1 Å². The van der Waals surface area contributed by atoms with Crippen molar-refractivity contribution in [3.05, 3.63) is 29.8 Å². The van der Waals surface area contributed by atoms with E-state index in [0.29, 0.717) is 0 Å². The van der Waals surface area contributed by atoms with Gasteiger partial charge in [-0.25, -0.2) is 8.42 Å². The van der Waals surface area contributed by atoms with Crippen LogP contribution in [0, 0.1) is 11.3 Å². The second kappa shape index (κ2) is 3.87. The summed E-state index contributed by atoms with van der Waals surface area (Å²) in [6.45, 7) is 0.199. The van der Waals surface area contributed by atoms with E-state index < -0.39 is 16.1 Å². The Bertz CT molecular complexity index is 541. The second-order valence-corrected chi connectivity index (χ2v) is 5.49. The van der Waals surface area contributed by atoms with E-state index in [1.54, 1.807) is 12.1 Å². The van der Waals surface area contributed by atoms with Gasteiger partial charge in [-0.05, 0) is 12.1 Å². The van der Waals surface area contributed by atoms with Gasteiger partial charge in [0.2, 0.25) is 10.0 Å². The number of hydrogen-bond acceptors (Lipinski definition) is 4.